The van der Waals surface area contributed by atoms with Crippen LogP contribution in [0.25, 0.3) is 0 Å². The number of halogens is 1. The molecule has 0 heterocycles. The molecule has 0 aromatic heterocycles. The van der Waals surface area contributed by atoms with E-state index in [1.54, 1.807) is 0 Å². The molecule has 0 spiro atoms. The lowest BCUT2D eigenvalue weighted by molar-refractivity contribution is -0.110. The Labute approximate surface area is 48.7 Å². The number of carbonyl (C=O) groups is 1. The van der Waals surface area contributed by atoms with Crippen molar-refractivity contribution in [3.05, 3.63) is 0 Å². The summed E-state index contributed by atoms with van der Waals surface area (Å²) >= 11 is 5.34. The van der Waals surface area contributed by atoms with Gasteiger partial charge in [0.1, 0.15) is 6.29 Å². The van der Waals surface area contributed by atoms with Gasteiger partial charge in [0.15, 0.2) is 0 Å². The molecule has 0 aliphatic rings. The first-order valence-corrected chi connectivity index (χ1v) is 2.89. The van der Waals surface area contributed by atoms with Crippen LogP contribution in [0.5, 0.6) is 0 Å². The van der Waals surface area contributed by atoms with Crippen LogP contribution in [0.1, 0.15) is 13.3 Å². The average Bonchev–Trinajstić information content (AvgIpc) is 1.72. The van der Waals surface area contributed by atoms with Crippen molar-refractivity contribution in [2.45, 2.75) is 13.3 Å². The number of alkyl halides is 1. The molecule has 0 radical (unpaired) electrons. The first-order chi connectivity index (χ1) is 3.35. The highest BCUT2D eigenvalue weighted by Crippen LogP contribution is 1.98. The van der Waals surface area contributed by atoms with Gasteiger partial charge in [-0.05, 0) is 6.42 Å². The third-order valence-electron chi connectivity index (χ3n) is 0.915. The largest absolute Gasteiger partial charge is 0.303 e. The Morgan fingerprint density at radius 3 is 2.43 bits per heavy atom. The van der Waals surface area contributed by atoms with Gasteiger partial charge in [-0.15, -0.1) is 11.6 Å². The van der Waals surface area contributed by atoms with Crippen molar-refractivity contribution in [1.82, 2.24) is 0 Å². The van der Waals surface area contributed by atoms with Crippen molar-refractivity contribution in [2.75, 3.05) is 5.88 Å². The summed E-state index contributed by atoms with van der Waals surface area (Å²) in [5.41, 5.74) is 0. The second-order valence-electron chi connectivity index (χ2n) is 1.46. The maximum atomic E-state index is 9.88. The minimum Gasteiger partial charge on any atom is -0.303 e. The zero-order valence-electron chi connectivity index (χ0n) is 4.36. The number of aldehydes is 1. The molecule has 0 N–H and O–H groups in total. The lowest BCUT2D eigenvalue weighted by Gasteiger charge is -1.95. The highest BCUT2D eigenvalue weighted by molar-refractivity contribution is 6.18. The van der Waals surface area contributed by atoms with Crippen LogP contribution < -0.4 is 0 Å². The van der Waals surface area contributed by atoms with Crippen LogP contribution >= 0.6 is 11.6 Å². The molecule has 0 saturated heterocycles. The molecule has 2 heteroatoms. The van der Waals surface area contributed by atoms with Crippen LogP contribution in [0.4, 0.5) is 0 Å². The molecule has 1 atom stereocenters. The Bertz CT molecular complexity index is 50.0. The molecule has 1 unspecified atom stereocenters. The SMILES string of the molecule is CCC(C=O)CCl. The van der Waals surface area contributed by atoms with Crippen LogP contribution in [0.2, 0.25) is 0 Å². The Kier molecular flexibility index (Phi) is 4.10. The molecule has 1 nitrogen and oxygen atoms in total. The lowest BCUT2D eigenvalue weighted by atomic mass is 10.1. The van der Waals surface area contributed by atoms with Gasteiger partial charge in [-0.1, -0.05) is 6.92 Å². The minimum absolute atomic E-state index is 0.0710. The number of rotatable bonds is 3. The third kappa shape index (κ3) is 2.63. The monoisotopic (exact) mass is 120 g/mol. The van der Waals surface area contributed by atoms with Gasteiger partial charge in [0.25, 0.3) is 0 Å². The van der Waals surface area contributed by atoms with Crippen molar-refractivity contribution in [3.63, 3.8) is 0 Å². The van der Waals surface area contributed by atoms with E-state index in [0.29, 0.717) is 5.88 Å². The molecule has 0 aromatic carbocycles. The van der Waals surface area contributed by atoms with E-state index in [-0.39, 0.29) is 5.92 Å². The van der Waals surface area contributed by atoms with E-state index in [1.807, 2.05) is 6.92 Å². The van der Waals surface area contributed by atoms with Crippen LogP contribution in [-0.2, 0) is 4.79 Å². The van der Waals surface area contributed by atoms with Crippen LogP contribution in [-0.4, -0.2) is 12.2 Å². The maximum Gasteiger partial charge on any atom is 0.124 e. The fraction of sp³-hybridized carbons (Fsp3) is 0.800. The highest BCUT2D eigenvalue weighted by atomic mass is 35.5. The van der Waals surface area contributed by atoms with Crippen molar-refractivity contribution in [2.24, 2.45) is 5.92 Å². The predicted molar refractivity (Wildman–Crippen MR) is 30.6 cm³/mol. The summed E-state index contributed by atoms with van der Waals surface area (Å²) < 4.78 is 0. The van der Waals surface area contributed by atoms with E-state index >= 15 is 0 Å². The molecule has 0 rings (SSSR count). The molecule has 42 valence electrons. The topological polar surface area (TPSA) is 17.1 Å². The predicted octanol–water partition coefficient (Wildman–Crippen LogP) is 1.45. The molecular weight excluding hydrogens is 112 g/mol. The van der Waals surface area contributed by atoms with Gasteiger partial charge in [0.05, 0.1) is 0 Å². The van der Waals surface area contributed by atoms with Crippen molar-refractivity contribution < 1.29 is 4.79 Å². The molecule has 0 fully saturated rings. The van der Waals surface area contributed by atoms with Gasteiger partial charge in [-0.3, -0.25) is 0 Å². The Hall–Kier alpha value is -0.0400. The van der Waals surface area contributed by atoms with Crippen molar-refractivity contribution >= 4 is 17.9 Å². The summed E-state index contributed by atoms with van der Waals surface area (Å²) in [4.78, 5) is 9.88. The minimum atomic E-state index is 0.0710. The van der Waals surface area contributed by atoms with Gasteiger partial charge in [0, 0.05) is 11.8 Å². The second-order valence-corrected chi connectivity index (χ2v) is 1.77. The molecule has 0 bridgehead atoms. The van der Waals surface area contributed by atoms with E-state index in [0.717, 1.165) is 12.7 Å². The second kappa shape index (κ2) is 4.13. The summed E-state index contributed by atoms with van der Waals surface area (Å²) in [6, 6.07) is 0. The Balaban J connectivity index is 3.16. The zero-order valence-corrected chi connectivity index (χ0v) is 5.11. The van der Waals surface area contributed by atoms with Crippen molar-refractivity contribution in [1.29, 1.82) is 0 Å². The van der Waals surface area contributed by atoms with Gasteiger partial charge in [-0.25, -0.2) is 0 Å². The quantitative estimate of drug-likeness (QED) is 0.407. The van der Waals surface area contributed by atoms with Gasteiger partial charge < -0.3 is 4.79 Å². The Morgan fingerprint density at radius 2 is 2.43 bits per heavy atom. The van der Waals surface area contributed by atoms with E-state index in [2.05, 4.69) is 0 Å². The van der Waals surface area contributed by atoms with Gasteiger partial charge in [0.2, 0.25) is 0 Å². The standard InChI is InChI=1S/C5H9ClO/c1-2-5(3-6)4-7/h4-5H,2-3H2,1H3. The van der Waals surface area contributed by atoms with Crippen LogP contribution in [0.15, 0.2) is 0 Å². The van der Waals surface area contributed by atoms with E-state index in [1.165, 1.54) is 0 Å². The van der Waals surface area contributed by atoms with E-state index in [9.17, 15) is 4.79 Å². The molecular formula is C5H9ClO. The summed E-state index contributed by atoms with van der Waals surface area (Å²) in [5, 5.41) is 0. The first-order valence-electron chi connectivity index (χ1n) is 2.36. The lowest BCUT2D eigenvalue weighted by Crippen LogP contribution is -1.99. The number of hydrogen-bond donors (Lipinski definition) is 0. The van der Waals surface area contributed by atoms with Crippen molar-refractivity contribution in [3.8, 4) is 0 Å². The molecule has 0 saturated carbocycles. The molecule has 0 aliphatic heterocycles. The van der Waals surface area contributed by atoms with Crippen LogP contribution in [0, 0.1) is 5.92 Å². The molecule has 0 aromatic rings. The summed E-state index contributed by atoms with van der Waals surface area (Å²) in [7, 11) is 0. The molecule has 7 heavy (non-hydrogen) atoms. The summed E-state index contributed by atoms with van der Waals surface area (Å²) in [6.45, 7) is 1.95. The number of hydrogen-bond acceptors (Lipinski definition) is 1. The zero-order chi connectivity index (χ0) is 5.70. The first kappa shape index (κ1) is 6.96. The summed E-state index contributed by atoms with van der Waals surface area (Å²) in [5.74, 6) is 0.529. The normalized spacial score (nSPS) is 13.4. The smallest absolute Gasteiger partial charge is 0.124 e. The molecule has 0 aliphatic carbocycles. The highest BCUT2D eigenvalue weighted by Gasteiger charge is 1.98. The average molecular weight is 121 g/mol. The van der Waals surface area contributed by atoms with E-state index < -0.39 is 0 Å². The summed E-state index contributed by atoms with van der Waals surface area (Å²) in [6.07, 6.45) is 1.75. The Morgan fingerprint density at radius 1 is 1.86 bits per heavy atom. The van der Waals surface area contributed by atoms with E-state index in [4.69, 9.17) is 11.6 Å². The van der Waals surface area contributed by atoms with Crippen LogP contribution in [0.3, 0.4) is 0 Å². The fourth-order valence-corrected chi connectivity index (χ4v) is 0.533. The van der Waals surface area contributed by atoms with Gasteiger partial charge >= 0.3 is 0 Å². The fourth-order valence-electron chi connectivity index (χ4n) is 0.242. The third-order valence-corrected chi connectivity index (χ3v) is 1.31. The molecule has 0 amide bonds. The van der Waals surface area contributed by atoms with Gasteiger partial charge in [-0.2, -0.15) is 0 Å². The maximum absolute atomic E-state index is 9.88. The number of carbonyl (C=O) groups excluding carboxylic acids is 1.